The normalized spacial score (nSPS) is 27.8. The number of alkyl halides is 1. The minimum absolute atomic E-state index is 0.0825. The Balaban J connectivity index is 1.32. The molecule has 3 aliphatic rings. The van der Waals surface area contributed by atoms with Gasteiger partial charge in [0.15, 0.2) is 11.5 Å². The molecule has 0 spiro atoms. The van der Waals surface area contributed by atoms with E-state index in [1.807, 2.05) is 17.0 Å². The summed E-state index contributed by atoms with van der Waals surface area (Å²) in [7, 11) is 0. The number of allylic oxidation sites excluding steroid dienone is 4. The lowest BCUT2D eigenvalue weighted by atomic mass is 9.78. The van der Waals surface area contributed by atoms with E-state index in [1.54, 1.807) is 29.2 Å². The van der Waals surface area contributed by atoms with Gasteiger partial charge < -0.3 is 15.1 Å². The highest BCUT2D eigenvalue weighted by atomic mass is 19.1. The molecule has 2 aliphatic heterocycles. The molecule has 0 bridgehead atoms. The van der Waals surface area contributed by atoms with Crippen molar-refractivity contribution in [2.75, 3.05) is 37.6 Å². The van der Waals surface area contributed by atoms with Crippen LogP contribution >= 0.6 is 0 Å². The van der Waals surface area contributed by atoms with Crippen molar-refractivity contribution in [1.82, 2.24) is 20.4 Å². The van der Waals surface area contributed by atoms with E-state index >= 15 is 0 Å². The molecular formula is C28H29F3N6O. The summed E-state index contributed by atoms with van der Waals surface area (Å²) in [6.45, 7) is 2.12. The maximum atomic E-state index is 15.0. The summed E-state index contributed by atoms with van der Waals surface area (Å²) >= 11 is 0. The Labute approximate surface area is 219 Å². The van der Waals surface area contributed by atoms with Crippen LogP contribution in [0, 0.1) is 34.9 Å². The number of hydrogen-bond acceptors (Lipinski definition) is 6. The number of nitrogens with one attached hydrogen (secondary N) is 1. The number of hydrogen-bond donors (Lipinski definition) is 1. The molecule has 0 saturated carbocycles. The Bertz CT molecular complexity index is 1250. The fourth-order valence-electron chi connectivity index (χ4n) is 5.78. The van der Waals surface area contributed by atoms with Crippen molar-refractivity contribution in [3.8, 4) is 6.07 Å². The first-order valence-electron chi connectivity index (χ1n) is 12.9. The van der Waals surface area contributed by atoms with Crippen LogP contribution in [0.15, 0.2) is 60.5 Å². The fourth-order valence-corrected chi connectivity index (χ4v) is 5.78. The molecular weight excluding hydrogens is 493 g/mol. The molecule has 2 fully saturated rings. The van der Waals surface area contributed by atoms with Gasteiger partial charge in [0, 0.05) is 50.2 Å². The molecule has 7 nitrogen and oxygen atoms in total. The van der Waals surface area contributed by atoms with Crippen molar-refractivity contribution in [2.45, 2.75) is 25.1 Å². The van der Waals surface area contributed by atoms with Gasteiger partial charge in [0.2, 0.25) is 5.91 Å². The van der Waals surface area contributed by atoms with Gasteiger partial charge in [0.05, 0.1) is 5.92 Å². The van der Waals surface area contributed by atoms with Crippen molar-refractivity contribution in [3.05, 3.63) is 77.5 Å². The Hall–Kier alpha value is -3.71. The van der Waals surface area contributed by atoms with Crippen LogP contribution in [0.1, 0.15) is 30.1 Å². The minimum atomic E-state index is -1.54. The van der Waals surface area contributed by atoms with E-state index in [2.05, 4.69) is 15.5 Å². The van der Waals surface area contributed by atoms with E-state index in [9.17, 15) is 18.0 Å². The van der Waals surface area contributed by atoms with Crippen LogP contribution in [0.4, 0.5) is 19.0 Å². The van der Waals surface area contributed by atoms with Crippen molar-refractivity contribution < 1.29 is 18.0 Å². The minimum Gasteiger partial charge on any atom is -0.354 e. The summed E-state index contributed by atoms with van der Waals surface area (Å²) in [5, 5.41) is 20.4. The number of aromatic nitrogens is 2. The maximum absolute atomic E-state index is 15.0. The van der Waals surface area contributed by atoms with Crippen LogP contribution in [0.5, 0.6) is 0 Å². The molecule has 5 rings (SSSR count). The summed E-state index contributed by atoms with van der Waals surface area (Å²) in [6.07, 6.45) is 3.56. The molecule has 3 heterocycles. The first-order chi connectivity index (χ1) is 18.4. The number of rotatable bonds is 4. The summed E-state index contributed by atoms with van der Waals surface area (Å²) in [5.41, 5.74) is 0.805. The van der Waals surface area contributed by atoms with Gasteiger partial charge in [-0.25, -0.2) is 13.2 Å². The number of nitriles is 1. The van der Waals surface area contributed by atoms with Gasteiger partial charge in [-0.15, -0.1) is 10.2 Å². The molecule has 198 valence electrons. The molecule has 1 aromatic heterocycles. The largest absolute Gasteiger partial charge is 0.354 e. The lowest BCUT2D eigenvalue weighted by molar-refractivity contribution is -0.137. The number of amides is 1. The zero-order valence-corrected chi connectivity index (χ0v) is 20.8. The summed E-state index contributed by atoms with van der Waals surface area (Å²) < 4.78 is 43.0. The van der Waals surface area contributed by atoms with Crippen LogP contribution in [-0.2, 0) is 4.79 Å². The lowest BCUT2D eigenvalue weighted by Crippen LogP contribution is -2.46. The van der Waals surface area contributed by atoms with E-state index in [1.165, 1.54) is 18.2 Å². The number of anilines is 1. The average molecular weight is 523 g/mol. The molecule has 1 N–H and O–H groups in total. The SMILES string of the molecule is N#Cc1ccc(N2CC(C(=O)N3CCCC(c4ccccc4F)NCC3)[C@H](C3C=CC(F)=CC3F)C2)nn1. The molecule has 2 aromatic rings. The second-order valence-electron chi connectivity index (χ2n) is 9.99. The van der Waals surface area contributed by atoms with Crippen LogP contribution in [-0.4, -0.2) is 59.9 Å². The van der Waals surface area contributed by atoms with Gasteiger partial charge in [-0.1, -0.05) is 24.3 Å². The number of carbonyl (C=O) groups is 1. The fraction of sp³-hybridized carbons (Fsp3) is 0.429. The molecule has 4 unspecified atom stereocenters. The number of benzene rings is 1. The van der Waals surface area contributed by atoms with Gasteiger partial charge in [-0.05, 0) is 49.1 Å². The maximum Gasteiger partial charge on any atom is 0.227 e. The Kier molecular flexibility index (Phi) is 7.74. The van der Waals surface area contributed by atoms with Gasteiger partial charge in [0.1, 0.15) is 23.9 Å². The molecule has 2 saturated heterocycles. The zero-order valence-electron chi connectivity index (χ0n) is 20.8. The van der Waals surface area contributed by atoms with Crippen molar-refractivity contribution >= 4 is 11.7 Å². The van der Waals surface area contributed by atoms with Crippen molar-refractivity contribution in [1.29, 1.82) is 5.26 Å². The molecule has 38 heavy (non-hydrogen) atoms. The first kappa shape index (κ1) is 25.9. The quantitative estimate of drug-likeness (QED) is 0.656. The zero-order chi connectivity index (χ0) is 26.6. The average Bonchev–Trinajstić information content (AvgIpc) is 3.34. The van der Waals surface area contributed by atoms with Crippen molar-refractivity contribution in [2.24, 2.45) is 17.8 Å². The number of nitrogens with zero attached hydrogens (tertiary/aromatic N) is 5. The third-order valence-corrected chi connectivity index (χ3v) is 7.72. The predicted octanol–water partition coefficient (Wildman–Crippen LogP) is 3.87. The highest BCUT2D eigenvalue weighted by Crippen LogP contribution is 2.39. The van der Waals surface area contributed by atoms with Crippen LogP contribution in [0.2, 0.25) is 0 Å². The number of carbonyl (C=O) groups excluding carboxylic acids is 1. The third-order valence-electron chi connectivity index (χ3n) is 7.72. The second-order valence-corrected chi connectivity index (χ2v) is 9.99. The Morgan fingerprint density at radius 2 is 1.95 bits per heavy atom. The standard InChI is InChI=1S/C28H29F3N6O/c29-18-7-9-20(25(31)14-18)22-16-37(27-10-8-19(15-32)34-35-27)17-23(22)28(38)36-12-3-6-26(33-11-13-36)21-4-1-2-5-24(21)30/h1-2,4-5,7-10,14,20,22-23,25-26,33H,3,6,11-13,16-17H2/t20?,22-,23?,25?,26?/m0/s1. The first-order valence-corrected chi connectivity index (χ1v) is 12.9. The molecule has 0 radical (unpaired) electrons. The molecule has 1 aromatic carbocycles. The topological polar surface area (TPSA) is 85.2 Å². The second kappa shape index (κ2) is 11.4. The van der Waals surface area contributed by atoms with Crippen LogP contribution in [0.25, 0.3) is 0 Å². The van der Waals surface area contributed by atoms with Crippen LogP contribution in [0.3, 0.4) is 0 Å². The van der Waals surface area contributed by atoms with Gasteiger partial charge in [-0.3, -0.25) is 4.79 Å². The smallest absolute Gasteiger partial charge is 0.227 e. The summed E-state index contributed by atoms with van der Waals surface area (Å²) in [4.78, 5) is 17.5. The highest BCUT2D eigenvalue weighted by Gasteiger charge is 2.45. The van der Waals surface area contributed by atoms with Crippen molar-refractivity contribution in [3.63, 3.8) is 0 Å². The van der Waals surface area contributed by atoms with E-state index in [-0.39, 0.29) is 23.5 Å². The molecule has 5 atom stereocenters. The predicted molar refractivity (Wildman–Crippen MR) is 136 cm³/mol. The molecule has 1 amide bonds. The lowest BCUT2D eigenvalue weighted by Gasteiger charge is -2.34. The summed E-state index contributed by atoms with van der Waals surface area (Å²) in [6, 6.07) is 11.7. The molecule has 10 heteroatoms. The van der Waals surface area contributed by atoms with E-state index in [0.29, 0.717) is 56.9 Å². The van der Waals surface area contributed by atoms with Gasteiger partial charge >= 0.3 is 0 Å². The van der Waals surface area contributed by atoms with Gasteiger partial charge in [-0.2, -0.15) is 5.26 Å². The Morgan fingerprint density at radius 3 is 2.68 bits per heavy atom. The molecule has 1 aliphatic carbocycles. The van der Waals surface area contributed by atoms with E-state index < -0.39 is 29.8 Å². The Morgan fingerprint density at radius 1 is 1.11 bits per heavy atom. The monoisotopic (exact) mass is 522 g/mol. The van der Waals surface area contributed by atoms with Crippen LogP contribution < -0.4 is 10.2 Å². The van der Waals surface area contributed by atoms with E-state index in [0.717, 1.165) is 6.08 Å². The number of halogens is 3. The summed E-state index contributed by atoms with van der Waals surface area (Å²) in [5.74, 6) is -2.03. The third kappa shape index (κ3) is 5.43. The highest BCUT2D eigenvalue weighted by molar-refractivity contribution is 5.81. The van der Waals surface area contributed by atoms with E-state index in [4.69, 9.17) is 5.26 Å². The van der Waals surface area contributed by atoms with Gasteiger partial charge in [0.25, 0.3) is 0 Å².